The van der Waals surface area contributed by atoms with Crippen LogP contribution >= 0.6 is 23.2 Å². The summed E-state index contributed by atoms with van der Waals surface area (Å²) in [6, 6.07) is 3.81. The van der Waals surface area contributed by atoms with Gasteiger partial charge in [0.2, 0.25) is 0 Å². The van der Waals surface area contributed by atoms with Crippen molar-refractivity contribution in [1.29, 1.82) is 0 Å². The number of likely N-dealkylation sites (tertiary alicyclic amines) is 1. The average molecular weight is 302 g/mol. The molecule has 19 heavy (non-hydrogen) atoms. The standard InChI is InChI=1S/C13H13Cl2NO3/c14-8-4-5-9(10(15)7-8)12(17)16-6-2-1-3-11(16)13(18)19/h4-5,7,11H,1-3,6H2,(H,18,19)/t11-/m0/s1. The highest BCUT2D eigenvalue weighted by Crippen LogP contribution is 2.25. The van der Waals surface area contributed by atoms with Gasteiger partial charge in [-0.15, -0.1) is 0 Å². The molecule has 4 nitrogen and oxygen atoms in total. The molecule has 1 aliphatic rings. The van der Waals surface area contributed by atoms with Gasteiger partial charge in [-0.25, -0.2) is 4.79 Å². The molecule has 1 fully saturated rings. The van der Waals surface area contributed by atoms with E-state index in [1.165, 1.54) is 17.0 Å². The number of rotatable bonds is 2. The summed E-state index contributed by atoms with van der Waals surface area (Å²) in [4.78, 5) is 24.9. The fourth-order valence-corrected chi connectivity index (χ4v) is 2.74. The molecule has 0 aromatic heterocycles. The number of carbonyl (C=O) groups excluding carboxylic acids is 1. The van der Waals surface area contributed by atoms with Crippen molar-refractivity contribution in [2.75, 3.05) is 6.54 Å². The number of piperidine rings is 1. The Morgan fingerprint density at radius 1 is 1.26 bits per heavy atom. The molecular weight excluding hydrogens is 289 g/mol. The first-order chi connectivity index (χ1) is 9.00. The van der Waals surface area contributed by atoms with Crippen LogP contribution in [0.15, 0.2) is 18.2 Å². The predicted octanol–water partition coefficient (Wildman–Crippen LogP) is 3.07. The third-order valence-corrected chi connectivity index (χ3v) is 3.76. The second kappa shape index (κ2) is 5.80. The fraction of sp³-hybridized carbons (Fsp3) is 0.385. The average Bonchev–Trinajstić information content (AvgIpc) is 2.38. The Kier molecular flexibility index (Phi) is 4.32. The molecule has 1 N–H and O–H groups in total. The lowest BCUT2D eigenvalue weighted by molar-refractivity contribution is -0.143. The smallest absolute Gasteiger partial charge is 0.326 e. The van der Waals surface area contributed by atoms with Crippen LogP contribution in [0, 0.1) is 0 Å². The summed E-state index contributed by atoms with van der Waals surface area (Å²) in [6.07, 6.45) is 2.10. The van der Waals surface area contributed by atoms with Crippen LogP contribution in [-0.2, 0) is 4.79 Å². The van der Waals surface area contributed by atoms with Gasteiger partial charge in [-0.3, -0.25) is 4.79 Å². The Labute approximate surface area is 120 Å². The number of carboxylic acid groups (broad SMARTS) is 1. The zero-order valence-corrected chi connectivity index (χ0v) is 11.6. The summed E-state index contributed by atoms with van der Waals surface area (Å²) in [7, 11) is 0. The number of hydrogen-bond acceptors (Lipinski definition) is 2. The topological polar surface area (TPSA) is 57.6 Å². The summed E-state index contributed by atoms with van der Waals surface area (Å²) in [6.45, 7) is 0.439. The van der Waals surface area contributed by atoms with Gasteiger partial charge in [0.1, 0.15) is 6.04 Å². The van der Waals surface area contributed by atoms with Gasteiger partial charge >= 0.3 is 5.97 Å². The van der Waals surface area contributed by atoms with Crippen LogP contribution in [0.2, 0.25) is 10.0 Å². The van der Waals surface area contributed by atoms with Crippen LogP contribution in [0.4, 0.5) is 0 Å². The SMILES string of the molecule is O=C(O)[C@@H]1CCCCN1C(=O)c1ccc(Cl)cc1Cl. The molecule has 1 aromatic carbocycles. The molecule has 1 aromatic rings. The second-order valence-corrected chi connectivity index (χ2v) is 5.32. The molecule has 1 amide bonds. The Morgan fingerprint density at radius 2 is 2.00 bits per heavy atom. The summed E-state index contributed by atoms with van der Waals surface area (Å²) in [5.74, 6) is -1.33. The van der Waals surface area contributed by atoms with Crippen molar-refractivity contribution in [2.24, 2.45) is 0 Å². The fourth-order valence-electron chi connectivity index (χ4n) is 2.25. The molecule has 2 rings (SSSR count). The maximum atomic E-state index is 12.4. The van der Waals surface area contributed by atoms with Crippen LogP contribution in [0.3, 0.4) is 0 Å². The van der Waals surface area contributed by atoms with Gasteiger partial charge in [0, 0.05) is 11.6 Å². The van der Waals surface area contributed by atoms with Gasteiger partial charge in [0.25, 0.3) is 5.91 Å². The van der Waals surface area contributed by atoms with Gasteiger partial charge in [-0.05, 0) is 37.5 Å². The molecule has 0 unspecified atom stereocenters. The largest absolute Gasteiger partial charge is 0.480 e. The van der Waals surface area contributed by atoms with E-state index in [2.05, 4.69) is 0 Å². The number of nitrogens with zero attached hydrogens (tertiary/aromatic N) is 1. The third-order valence-electron chi connectivity index (χ3n) is 3.21. The molecule has 1 saturated heterocycles. The quantitative estimate of drug-likeness (QED) is 0.913. The minimum absolute atomic E-state index is 0.243. The molecule has 0 radical (unpaired) electrons. The van der Waals surface area contributed by atoms with Crippen molar-refractivity contribution in [1.82, 2.24) is 4.90 Å². The van der Waals surface area contributed by atoms with Crippen molar-refractivity contribution in [3.8, 4) is 0 Å². The van der Waals surface area contributed by atoms with Crippen LogP contribution in [0.25, 0.3) is 0 Å². The Hall–Kier alpha value is -1.26. The summed E-state index contributed by atoms with van der Waals surface area (Å²) < 4.78 is 0. The van der Waals surface area contributed by atoms with E-state index in [9.17, 15) is 9.59 Å². The van der Waals surface area contributed by atoms with Crippen molar-refractivity contribution < 1.29 is 14.7 Å². The summed E-state index contributed by atoms with van der Waals surface area (Å²) in [5.41, 5.74) is 0.291. The zero-order valence-electron chi connectivity index (χ0n) is 10.1. The highest BCUT2D eigenvalue weighted by Gasteiger charge is 2.33. The van der Waals surface area contributed by atoms with Gasteiger partial charge in [-0.1, -0.05) is 23.2 Å². The highest BCUT2D eigenvalue weighted by molar-refractivity contribution is 6.36. The molecule has 0 spiro atoms. The van der Waals surface area contributed by atoms with Gasteiger partial charge < -0.3 is 10.0 Å². The molecule has 6 heteroatoms. The van der Waals surface area contributed by atoms with E-state index < -0.39 is 12.0 Å². The van der Waals surface area contributed by atoms with Crippen LogP contribution in [-0.4, -0.2) is 34.5 Å². The maximum Gasteiger partial charge on any atom is 0.326 e. The molecule has 0 saturated carbocycles. The normalized spacial score (nSPS) is 19.3. The molecule has 102 valence electrons. The number of benzene rings is 1. The van der Waals surface area contributed by atoms with E-state index in [0.29, 0.717) is 23.6 Å². The first-order valence-electron chi connectivity index (χ1n) is 5.99. The Morgan fingerprint density at radius 3 is 2.63 bits per heavy atom. The Bertz CT molecular complexity index is 519. The monoisotopic (exact) mass is 301 g/mol. The van der Waals surface area contributed by atoms with Gasteiger partial charge in [0.15, 0.2) is 0 Å². The molecule has 1 heterocycles. The molecule has 1 atom stereocenters. The van der Waals surface area contributed by atoms with Crippen LogP contribution in [0.5, 0.6) is 0 Å². The van der Waals surface area contributed by atoms with Crippen molar-refractivity contribution >= 4 is 35.1 Å². The van der Waals surface area contributed by atoms with Crippen molar-refractivity contribution in [3.63, 3.8) is 0 Å². The minimum Gasteiger partial charge on any atom is -0.480 e. The highest BCUT2D eigenvalue weighted by atomic mass is 35.5. The van der Waals surface area contributed by atoms with Gasteiger partial charge in [0.05, 0.1) is 10.6 Å². The number of halogens is 2. The predicted molar refractivity (Wildman–Crippen MR) is 72.8 cm³/mol. The first-order valence-corrected chi connectivity index (χ1v) is 6.75. The molecule has 1 aliphatic heterocycles. The Balaban J connectivity index is 2.28. The summed E-state index contributed by atoms with van der Waals surface area (Å²) >= 11 is 11.8. The lowest BCUT2D eigenvalue weighted by Gasteiger charge is -2.33. The van der Waals surface area contributed by atoms with E-state index in [0.717, 1.165) is 12.8 Å². The van der Waals surface area contributed by atoms with E-state index in [-0.39, 0.29) is 10.9 Å². The second-order valence-electron chi connectivity index (χ2n) is 4.47. The number of amides is 1. The molecule has 0 bridgehead atoms. The number of aliphatic carboxylic acids is 1. The van der Waals surface area contributed by atoms with E-state index in [1.807, 2.05) is 0 Å². The minimum atomic E-state index is -0.974. The van der Waals surface area contributed by atoms with Crippen molar-refractivity contribution in [2.45, 2.75) is 25.3 Å². The van der Waals surface area contributed by atoms with E-state index in [4.69, 9.17) is 28.3 Å². The molecule has 0 aliphatic carbocycles. The third kappa shape index (κ3) is 3.01. The van der Waals surface area contributed by atoms with E-state index >= 15 is 0 Å². The van der Waals surface area contributed by atoms with Gasteiger partial charge in [-0.2, -0.15) is 0 Å². The zero-order chi connectivity index (χ0) is 14.0. The number of carboxylic acids is 1. The lowest BCUT2D eigenvalue weighted by Crippen LogP contribution is -2.48. The molecular formula is C13H13Cl2NO3. The number of hydrogen-bond donors (Lipinski definition) is 1. The number of carbonyl (C=O) groups is 2. The van der Waals surface area contributed by atoms with E-state index in [1.54, 1.807) is 6.07 Å². The lowest BCUT2D eigenvalue weighted by atomic mass is 10.0. The van der Waals surface area contributed by atoms with Crippen LogP contribution in [0.1, 0.15) is 29.6 Å². The first kappa shape index (κ1) is 14.2. The van der Waals surface area contributed by atoms with Crippen LogP contribution < -0.4 is 0 Å². The van der Waals surface area contributed by atoms with Crippen molar-refractivity contribution in [3.05, 3.63) is 33.8 Å². The summed E-state index contributed by atoms with van der Waals surface area (Å²) in [5, 5.41) is 9.85. The maximum absolute atomic E-state index is 12.4.